The Morgan fingerprint density at radius 3 is 2.81 bits per heavy atom. The number of amides is 2. The predicted octanol–water partition coefficient (Wildman–Crippen LogP) is 3.84. The summed E-state index contributed by atoms with van der Waals surface area (Å²) in [5.74, 6) is -1.81. The zero-order chi connectivity index (χ0) is 18.3. The lowest BCUT2D eigenvalue weighted by atomic mass is 10.2. The fourth-order valence-electron chi connectivity index (χ4n) is 2.89. The molecule has 3 aromatic rings. The van der Waals surface area contributed by atoms with Crippen molar-refractivity contribution >= 4 is 33.3 Å². The van der Waals surface area contributed by atoms with Crippen LogP contribution in [0.5, 0.6) is 0 Å². The molecule has 26 heavy (non-hydrogen) atoms. The normalized spacial score (nSPS) is 17.0. The molecule has 1 aromatic heterocycles. The van der Waals surface area contributed by atoms with Crippen LogP contribution in [0.3, 0.4) is 0 Å². The molecule has 1 saturated heterocycles. The molecule has 134 valence electrons. The van der Waals surface area contributed by atoms with Crippen molar-refractivity contribution in [2.24, 2.45) is 0 Å². The predicted molar refractivity (Wildman–Crippen MR) is 96.2 cm³/mol. The van der Waals surface area contributed by atoms with Crippen LogP contribution in [0.2, 0.25) is 0 Å². The molecule has 2 heterocycles. The third-order valence-electron chi connectivity index (χ3n) is 4.26. The van der Waals surface area contributed by atoms with Crippen LogP contribution in [-0.2, 0) is 0 Å². The highest BCUT2D eigenvalue weighted by molar-refractivity contribution is 7.21. The first-order valence-corrected chi connectivity index (χ1v) is 8.91. The van der Waals surface area contributed by atoms with E-state index in [0.29, 0.717) is 41.3 Å². The maximum atomic E-state index is 13.4. The maximum absolute atomic E-state index is 13.4. The third kappa shape index (κ3) is 3.25. The van der Waals surface area contributed by atoms with Crippen molar-refractivity contribution in [3.05, 3.63) is 48.0 Å². The lowest BCUT2D eigenvalue weighted by molar-refractivity contribution is 0.176. The Morgan fingerprint density at radius 1 is 1.23 bits per heavy atom. The molecular weight excluding hydrogens is 360 g/mol. The topological polar surface area (TPSA) is 65.5 Å². The lowest BCUT2D eigenvalue weighted by Crippen LogP contribution is -2.33. The van der Waals surface area contributed by atoms with Crippen molar-refractivity contribution in [3.8, 4) is 10.6 Å². The van der Waals surface area contributed by atoms with E-state index >= 15 is 0 Å². The first-order chi connectivity index (χ1) is 12.5. The third-order valence-corrected chi connectivity index (χ3v) is 5.34. The van der Waals surface area contributed by atoms with Crippen LogP contribution in [0.1, 0.15) is 6.42 Å². The quantitative estimate of drug-likeness (QED) is 0.715. The number of aliphatic hydroxyl groups excluding tert-OH is 1. The van der Waals surface area contributed by atoms with Gasteiger partial charge in [0.05, 0.1) is 16.3 Å². The molecule has 0 bridgehead atoms. The summed E-state index contributed by atoms with van der Waals surface area (Å²) in [7, 11) is 0. The number of benzene rings is 2. The number of carbonyl (C=O) groups excluding carboxylic acids is 1. The molecule has 0 radical (unpaired) electrons. The fourth-order valence-corrected chi connectivity index (χ4v) is 3.83. The molecule has 0 saturated carbocycles. The number of carbonyl (C=O) groups is 1. The number of rotatable bonds is 2. The number of urea groups is 1. The van der Waals surface area contributed by atoms with E-state index in [0.717, 1.165) is 16.8 Å². The van der Waals surface area contributed by atoms with Gasteiger partial charge in [0, 0.05) is 24.3 Å². The summed E-state index contributed by atoms with van der Waals surface area (Å²) in [6.45, 7) is 0.845. The van der Waals surface area contributed by atoms with Gasteiger partial charge < -0.3 is 15.3 Å². The van der Waals surface area contributed by atoms with E-state index in [2.05, 4.69) is 10.3 Å². The van der Waals surface area contributed by atoms with E-state index in [1.807, 2.05) is 6.07 Å². The number of hydrogen-bond acceptors (Lipinski definition) is 4. The highest BCUT2D eigenvalue weighted by atomic mass is 32.1. The van der Waals surface area contributed by atoms with Gasteiger partial charge >= 0.3 is 6.03 Å². The van der Waals surface area contributed by atoms with Crippen LogP contribution >= 0.6 is 11.3 Å². The van der Waals surface area contributed by atoms with Crippen molar-refractivity contribution in [1.29, 1.82) is 0 Å². The summed E-state index contributed by atoms with van der Waals surface area (Å²) < 4.78 is 27.4. The minimum Gasteiger partial charge on any atom is -0.391 e. The zero-order valence-corrected chi connectivity index (χ0v) is 14.4. The molecule has 2 aromatic carbocycles. The van der Waals surface area contributed by atoms with Gasteiger partial charge in [-0.15, -0.1) is 11.3 Å². The second kappa shape index (κ2) is 6.62. The van der Waals surface area contributed by atoms with E-state index in [1.54, 1.807) is 17.0 Å². The van der Waals surface area contributed by atoms with Crippen LogP contribution in [-0.4, -0.2) is 40.2 Å². The van der Waals surface area contributed by atoms with Crippen LogP contribution < -0.4 is 5.32 Å². The standard InChI is InChI=1S/C18H15F2N3O2S/c19-13-3-1-10(7-14(13)20)17-22-15-8-11(2-4-16(15)26-17)21-18(25)23-6-5-12(24)9-23/h1-4,7-8,12,24H,5-6,9H2,(H,21,25). The lowest BCUT2D eigenvalue weighted by Gasteiger charge is -2.16. The monoisotopic (exact) mass is 375 g/mol. The molecule has 0 spiro atoms. The van der Waals surface area contributed by atoms with E-state index in [4.69, 9.17) is 0 Å². The number of likely N-dealkylation sites (tertiary alicyclic amines) is 1. The van der Waals surface area contributed by atoms with Crippen molar-refractivity contribution in [1.82, 2.24) is 9.88 Å². The molecule has 4 rings (SSSR count). The van der Waals surface area contributed by atoms with Gasteiger partial charge in [-0.3, -0.25) is 0 Å². The van der Waals surface area contributed by atoms with Gasteiger partial charge in [0.25, 0.3) is 0 Å². The van der Waals surface area contributed by atoms with Gasteiger partial charge in [-0.05, 0) is 42.8 Å². The molecule has 2 N–H and O–H groups in total. The maximum Gasteiger partial charge on any atom is 0.321 e. The molecule has 2 amide bonds. The van der Waals surface area contributed by atoms with Gasteiger partial charge in [-0.1, -0.05) is 0 Å². The summed E-state index contributed by atoms with van der Waals surface area (Å²) >= 11 is 1.36. The summed E-state index contributed by atoms with van der Waals surface area (Å²) in [6, 6.07) is 8.74. The molecule has 1 fully saturated rings. The molecule has 1 unspecified atom stereocenters. The summed E-state index contributed by atoms with van der Waals surface area (Å²) in [6.07, 6.45) is 0.108. The first kappa shape index (κ1) is 16.9. The Labute approximate surface area is 151 Å². The van der Waals surface area contributed by atoms with E-state index in [9.17, 15) is 18.7 Å². The highest BCUT2D eigenvalue weighted by Crippen LogP contribution is 2.32. The fraction of sp³-hybridized carbons (Fsp3) is 0.222. The largest absolute Gasteiger partial charge is 0.391 e. The first-order valence-electron chi connectivity index (χ1n) is 8.09. The van der Waals surface area contributed by atoms with Gasteiger partial charge in [-0.2, -0.15) is 0 Å². The Kier molecular flexibility index (Phi) is 4.29. The molecule has 1 aliphatic rings. The number of nitrogens with zero attached hydrogens (tertiary/aromatic N) is 2. The number of β-amino-alcohol motifs (C(OH)–C–C–N with tert-alkyl or cyclic N) is 1. The number of anilines is 1. The molecule has 8 heteroatoms. The Bertz CT molecular complexity index is 992. The summed E-state index contributed by atoms with van der Waals surface area (Å²) in [5.41, 5.74) is 1.75. The number of nitrogens with one attached hydrogen (secondary N) is 1. The molecular formula is C18H15F2N3O2S. The number of hydrogen-bond donors (Lipinski definition) is 2. The number of aromatic nitrogens is 1. The van der Waals surface area contributed by atoms with Gasteiger partial charge in [-0.25, -0.2) is 18.6 Å². The van der Waals surface area contributed by atoms with Crippen molar-refractivity contribution in [2.75, 3.05) is 18.4 Å². The van der Waals surface area contributed by atoms with Gasteiger partial charge in [0.15, 0.2) is 11.6 Å². The molecule has 0 aliphatic carbocycles. The smallest absolute Gasteiger partial charge is 0.321 e. The van der Waals surface area contributed by atoms with Crippen LogP contribution in [0.15, 0.2) is 36.4 Å². The van der Waals surface area contributed by atoms with Crippen LogP contribution in [0.25, 0.3) is 20.8 Å². The van der Waals surface area contributed by atoms with E-state index < -0.39 is 17.7 Å². The van der Waals surface area contributed by atoms with E-state index in [1.165, 1.54) is 17.4 Å². The Morgan fingerprint density at radius 2 is 2.08 bits per heavy atom. The van der Waals surface area contributed by atoms with Crippen LogP contribution in [0.4, 0.5) is 19.3 Å². The minimum atomic E-state index is -0.914. The molecule has 1 aliphatic heterocycles. The average Bonchev–Trinajstić information content (AvgIpc) is 3.23. The van der Waals surface area contributed by atoms with Gasteiger partial charge in [0.1, 0.15) is 5.01 Å². The van der Waals surface area contributed by atoms with Gasteiger partial charge in [0.2, 0.25) is 0 Å². The molecule has 1 atom stereocenters. The number of aliphatic hydroxyl groups is 1. The second-order valence-electron chi connectivity index (χ2n) is 6.15. The average molecular weight is 375 g/mol. The Hall–Kier alpha value is -2.58. The van der Waals surface area contributed by atoms with Crippen molar-refractivity contribution < 1.29 is 18.7 Å². The van der Waals surface area contributed by atoms with Crippen LogP contribution in [0, 0.1) is 11.6 Å². The number of halogens is 2. The minimum absolute atomic E-state index is 0.267. The second-order valence-corrected chi connectivity index (χ2v) is 7.18. The summed E-state index contributed by atoms with van der Waals surface area (Å²) in [5, 5.41) is 12.9. The SMILES string of the molecule is O=C(Nc1ccc2sc(-c3ccc(F)c(F)c3)nc2c1)N1CCC(O)C1. The van der Waals surface area contributed by atoms with E-state index in [-0.39, 0.29) is 6.03 Å². The molecule has 5 nitrogen and oxygen atoms in total. The Balaban J connectivity index is 1.57. The van der Waals surface area contributed by atoms with Crippen molar-refractivity contribution in [2.45, 2.75) is 12.5 Å². The highest BCUT2D eigenvalue weighted by Gasteiger charge is 2.24. The number of fused-ring (bicyclic) bond motifs is 1. The zero-order valence-electron chi connectivity index (χ0n) is 13.6. The van der Waals surface area contributed by atoms with Crippen molar-refractivity contribution in [3.63, 3.8) is 0 Å². The summed E-state index contributed by atoms with van der Waals surface area (Å²) in [4.78, 5) is 18.2. The number of thiazole rings is 1.